The van der Waals surface area contributed by atoms with Gasteiger partial charge >= 0.3 is 0 Å². The number of hydrogen-bond donors (Lipinski definition) is 2. The lowest BCUT2D eigenvalue weighted by atomic mass is 10.1. The van der Waals surface area contributed by atoms with Gasteiger partial charge in [-0.05, 0) is 44.0 Å². The molecule has 4 nitrogen and oxygen atoms in total. The molecule has 1 unspecified atom stereocenters. The van der Waals surface area contributed by atoms with E-state index in [1.165, 1.54) is 6.92 Å². The van der Waals surface area contributed by atoms with E-state index in [1.807, 2.05) is 24.3 Å². The summed E-state index contributed by atoms with van der Waals surface area (Å²) in [6, 6.07) is 10.2. The molecule has 1 aromatic carbocycles. The van der Waals surface area contributed by atoms with E-state index in [0.717, 1.165) is 30.6 Å². The summed E-state index contributed by atoms with van der Waals surface area (Å²) in [6.45, 7) is 4.49. The highest BCUT2D eigenvalue weighted by Crippen LogP contribution is 2.17. The zero-order valence-electron chi connectivity index (χ0n) is 11.6. The van der Waals surface area contributed by atoms with Crippen LogP contribution in [0.1, 0.15) is 44.7 Å². The van der Waals surface area contributed by atoms with E-state index in [2.05, 4.69) is 23.6 Å². The van der Waals surface area contributed by atoms with Crippen molar-refractivity contribution in [2.24, 2.45) is 0 Å². The molecule has 4 heteroatoms. The van der Waals surface area contributed by atoms with Gasteiger partial charge in [0, 0.05) is 25.1 Å². The molecule has 102 valence electrons. The summed E-state index contributed by atoms with van der Waals surface area (Å²) in [4.78, 5) is 11.0. The number of nitrogens with one attached hydrogen (secondary N) is 2. The van der Waals surface area contributed by atoms with Gasteiger partial charge in [-0.25, -0.2) is 0 Å². The minimum Gasteiger partial charge on any atom is -0.326 e. The second-order valence-electron chi connectivity index (χ2n) is 4.60. The summed E-state index contributed by atoms with van der Waals surface area (Å²) in [6.07, 6.45) is 2.56. The monoisotopic (exact) mass is 259 g/mol. The second-order valence-corrected chi connectivity index (χ2v) is 4.60. The molecule has 0 fully saturated rings. The maximum atomic E-state index is 11.0. The molecule has 1 amide bonds. The average molecular weight is 259 g/mol. The van der Waals surface area contributed by atoms with Crippen molar-refractivity contribution in [2.75, 3.05) is 11.9 Å². The summed E-state index contributed by atoms with van der Waals surface area (Å²) in [7, 11) is 0. The van der Waals surface area contributed by atoms with Crippen molar-refractivity contribution in [3.8, 4) is 6.07 Å². The molecule has 19 heavy (non-hydrogen) atoms. The number of benzene rings is 1. The van der Waals surface area contributed by atoms with Crippen molar-refractivity contribution in [3.05, 3.63) is 29.8 Å². The molecule has 0 aliphatic rings. The Balaban J connectivity index is 2.45. The van der Waals surface area contributed by atoms with Gasteiger partial charge in [0.2, 0.25) is 5.91 Å². The minimum atomic E-state index is -0.0609. The van der Waals surface area contributed by atoms with Crippen molar-refractivity contribution < 1.29 is 4.79 Å². The number of carbonyl (C=O) groups is 1. The van der Waals surface area contributed by atoms with E-state index in [-0.39, 0.29) is 11.9 Å². The second kappa shape index (κ2) is 8.28. The van der Waals surface area contributed by atoms with Gasteiger partial charge in [-0.15, -0.1) is 0 Å². The van der Waals surface area contributed by atoms with Crippen LogP contribution in [0, 0.1) is 11.3 Å². The third-order valence-electron chi connectivity index (χ3n) is 2.87. The molecule has 0 radical (unpaired) electrons. The fourth-order valence-electron chi connectivity index (χ4n) is 1.85. The Morgan fingerprint density at radius 1 is 1.42 bits per heavy atom. The van der Waals surface area contributed by atoms with Crippen LogP contribution in [-0.4, -0.2) is 12.5 Å². The van der Waals surface area contributed by atoms with E-state index >= 15 is 0 Å². The number of nitriles is 1. The van der Waals surface area contributed by atoms with Crippen LogP contribution in [0.3, 0.4) is 0 Å². The standard InChI is InChI=1S/C15H21N3O/c1-12(17-10-5-3-4-9-16)14-7-6-8-15(11-14)18-13(2)19/h6-8,11-12,17H,3-5,10H2,1-2H3,(H,18,19). The lowest BCUT2D eigenvalue weighted by molar-refractivity contribution is -0.114. The van der Waals surface area contributed by atoms with Crippen LogP contribution in [0.25, 0.3) is 0 Å². The van der Waals surface area contributed by atoms with Crippen LogP contribution in [0.5, 0.6) is 0 Å². The third kappa shape index (κ3) is 6.03. The van der Waals surface area contributed by atoms with Crippen LogP contribution in [0.15, 0.2) is 24.3 Å². The molecule has 0 spiro atoms. The normalized spacial score (nSPS) is 11.6. The smallest absolute Gasteiger partial charge is 0.221 e. The number of anilines is 1. The number of hydrogen-bond acceptors (Lipinski definition) is 3. The van der Waals surface area contributed by atoms with E-state index < -0.39 is 0 Å². The van der Waals surface area contributed by atoms with Crippen molar-refractivity contribution in [3.63, 3.8) is 0 Å². The molecule has 0 bridgehead atoms. The molecule has 1 rings (SSSR count). The Kier molecular flexibility index (Phi) is 6.62. The first-order valence-corrected chi connectivity index (χ1v) is 6.61. The molecule has 2 N–H and O–H groups in total. The number of nitrogens with zero attached hydrogens (tertiary/aromatic N) is 1. The van der Waals surface area contributed by atoms with Gasteiger partial charge in [0.1, 0.15) is 0 Å². The summed E-state index contributed by atoms with van der Waals surface area (Å²) in [5.41, 5.74) is 1.97. The first-order valence-electron chi connectivity index (χ1n) is 6.61. The van der Waals surface area contributed by atoms with Gasteiger partial charge in [-0.2, -0.15) is 5.26 Å². The van der Waals surface area contributed by atoms with Crippen molar-refractivity contribution in [2.45, 2.75) is 39.2 Å². The van der Waals surface area contributed by atoms with Crippen molar-refractivity contribution in [1.29, 1.82) is 5.26 Å². The van der Waals surface area contributed by atoms with Crippen molar-refractivity contribution in [1.82, 2.24) is 5.32 Å². The van der Waals surface area contributed by atoms with Gasteiger partial charge in [0.05, 0.1) is 6.07 Å². The predicted octanol–water partition coefficient (Wildman–Crippen LogP) is 2.99. The quantitative estimate of drug-likeness (QED) is 0.740. The molecule has 0 aliphatic carbocycles. The summed E-state index contributed by atoms with van der Waals surface area (Å²) in [5, 5.41) is 14.6. The SMILES string of the molecule is CC(=O)Nc1cccc(C(C)NCCCCC#N)c1. The highest BCUT2D eigenvalue weighted by atomic mass is 16.1. The van der Waals surface area contributed by atoms with Crippen molar-refractivity contribution >= 4 is 11.6 Å². The van der Waals surface area contributed by atoms with Gasteiger partial charge in [-0.3, -0.25) is 4.79 Å². The molecule has 1 atom stereocenters. The van der Waals surface area contributed by atoms with E-state index in [9.17, 15) is 4.79 Å². The van der Waals surface area contributed by atoms with E-state index in [1.54, 1.807) is 0 Å². The van der Waals surface area contributed by atoms with Gasteiger partial charge < -0.3 is 10.6 Å². The molecule has 0 aromatic heterocycles. The van der Waals surface area contributed by atoms with Gasteiger partial charge in [-0.1, -0.05) is 12.1 Å². The summed E-state index contributed by atoms with van der Waals surface area (Å²) >= 11 is 0. The largest absolute Gasteiger partial charge is 0.326 e. The lowest BCUT2D eigenvalue weighted by Crippen LogP contribution is -2.20. The minimum absolute atomic E-state index is 0.0609. The molecule has 1 aromatic rings. The highest BCUT2D eigenvalue weighted by molar-refractivity contribution is 5.88. The Hall–Kier alpha value is -1.86. The maximum Gasteiger partial charge on any atom is 0.221 e. The maximum absolute atomic E-state index is 11.0. The number of rotatable bonds is 7. The summed E-state index contributed by atoms with van der Waals surface area (Å²) in [5.74, 6) is -0.0609. The van der Waals surface area contributed by atoms with Crippen LogP contribution >= 0.6 is 0 Å². The Labute approximate surface area is 114 Å². The predicted molar refractivity (Wildman–Crippen MR) is 76.6 cm³/mol. The molecular formula is C15H21N3O. The molecule has 0 saturated heterocycles. The van der Waals surface area contributed by atoms with Crippen LogP contribution in [0.2, 0.25) is 0 Å². The first kappa shape index (κ1) is 15.2. The number of amides is 1. The number of carbonyl (C=O) groups excluding carboxylic acids is 1. The molecule has 0 heterocycles. The third-order valence-corrected chi connectivity index (χ3v) is 2.87. The highest BCUT2D eigenvalue weighted by Gasteiger charge is 2.05. The Morgan fingerprint density at radius 2 is 2.21 bits per heavy atom. The topological polar surface area (TPSA) is 64.9 Å². The van der Waals surface area contributed by atoms with Crippen LogP contribution in [0.4, 0.5) is 5.69 Å². The van der Waals surface area contributed by atoms with E-state index in [0.29, 0.717) is 6.42 Å². The molecule has 0 aliphatic heterocycles. The fraction of sp³-hybridized carbons (Fsp3) is 0.467. The van der Waals surface area contributed by atoms with Gasteiger partial charge in [0.15, 0.2) is 0 Å². The zero-order chi connectivity index (χ0) is 14.1. The van der Waals surface area contributed by atoms with Crippen LogP contribution in [-0.2, 0) is 4.79 Å². The molecule has 0 saturated carbocycles. The average Bonchev–Trinajstić information content (AvgIpc) is 2.38. The van der Waals surface area contributed by atoms with Crippen LogP contribution < -0.4 is 10.6 Å². The zero-order valence-corrected chi connectivity index (χ0v) is 11.6. The lowest BCUT2D eigenvalue weighted by Gasteiger charge is -2.15. The number of unbranched alkanes of at least 4 members (excludes halogenated alkanes) is 2. The molecular weight excluding hydrogens is 238 g/mol. The summed E-state index contributed by atoms with van der Waals surface area (Å²) < 4.78 is 0. The van der Waals surface area contributed by atoms with E-state index in [4.69, 9.17) is 5.26 Å². The Bertz CT molecular complexity index is 451. The first-order chi connectivity index (χ1) is 9.13. The fourth-order valence-corrected chi connectivity index (χ4v) is 1.85. The van der Waals surface area contributed by atoms with Gasteiger partial charge in [0.25, 0.3) is 0 Å². The Morgan fingerprint density at radius 3 is 2.89 bits per heavy atom.